The Balaban J connectivity index is 3.24. The molecule has 0 amide bonds. The van der Waals surface area contributed by atoms with Gasteiger partial charge in [-0.3, -0.25) is 0 Å². The minimum Gasteiger partial charge on any atom is -0.395 e. The molecule has 1 unspecified atom stereocenters. The summed E-state index contributed by atoms with van der Waals surface area (Å²) in [6, 6.07) is 5.33. The van der Waals surface area contributed by atoms with Gasteiger partial charge in [-0.05, 0) is 50.6 Å². The van der Waals surface area contributed by atoms with Gasteiger partial charge in [0.15, 0.2) is 0 Å². The van der Waals surface area contributed by atoms with Crippen molar-refractivity contribution in [2.75, 3.05) is 25.1 Å². The summed E-state index contributed by atoms with van der Waals surface area (Å²) in [6.45, 7) is 6.97. The largest absolute Gasteiger partial charge is 0.395 e. The van der Waals surface area contributed by atoms with Crippen LogP contribution in [0, 0.1) is 5.82 Å². The second-order valence-electron chi connectivity index (χ2n) is 5.10. The first-order chi connectivity index (χ1) is 9.58. The highest BCUT2D eigenvalue weighted by Crippen LogP contribution is 2.30. The number of rotatable bonds is 8. The van der Waals surface area contributed by atoms with Crippen LogP contribution in [0.3, 0.4) is 0 Å². The van der Waals surface area contributed by atoms with Crippen LogP contribution < -0.4 is 10.2 Å². The SMILES string of the molecule is CCC(CC)N(CCO)c1ccc(F)cc1C(C)NC. The molecule has 114 valence electrons. The van der Waals surface area contributed by atoms with E-state index in [9.17, 15) is 9.50 Å². The van der Waals surface area contributed by atoms with Crippen LogP contribution in [-0.2, 0) is 0 Å². The molecule has 3 nitrogen and oxygen atoms in total. The van der Waals surface area contributed by atoms with Crippen LogP contribution in [0.15, 0.2) is 18.2 Å². The first kappa shape index (κ1) is 16.9. The van der Waals surface area contributed by atoms with E-state index in [2.05, 4.69) is 24.1 Å². The molecule has 0 radical (unpaired) electrons. The fourth-order valence-electron chi connectivity index (χ4n) is 2.63. The average molecular weight is 282 g/mol. The van der Waals surface area contributed by atoms with Crippen LogP contribution >= 0.6 is 0 Å². The zero-order valence-electron chi connectivity index (χ0n) is 13.0. The van der Waals surface area contributed by atoms with Crippen molar-refractivity contribution in [2.24, 2.45) is 0 Å². The van der Waals surface area contributed by atoms with E-state index in [1.807, 2.05) is 20.0 Å². The maximum absolute atomic E-state index is 13.6. The number of nitrogens with one attached hydrogen (secondary N) is 1. The first-order valence-electron chi connectivity index (χ1n) is 7.43. The minimum absolute atomic E-state index is 0.0660. The first-order valence-corrected chi connectivity index (χ1v) is 7.43. The summed E-state index contributed by atoms with van der Waals surface area (Å²) in [4.78, 5) is 2.20. The van der Waals surface area contributed by atoms with Crippen molar-refractivity contribution in [3.8, 4) is 0 Å². The number of benzene rings is 1. The van der Waals surface area contributed by atoms with Crippen LogP contribution in [0.2, 0.25) is 0 Å². The molecule has 0 spiro atoms. The predicted octanol–water partition coefficient (Wildman–Crippen LogP) is 3.09. The van der Waals surface area contributed by atoms with E-state index in [0.29, 0.717) is 12.6 Å². The molecule has 0 heterocycles. The van der Waals surface area contributed by atoms with Crippen molar-refractivity contribution in [1.29, 1.82) is 0 Å². The molecule has 4 heteroatoms. The Labute approximate surface area is 121 Å². The number of anilines is 1. The van der Waals surface area contributed by atoms with E-state index in [-0.39, 0.29) is 18.5 Å². The van der Waals surface area contributed by atoms with Crippen LogP contribution in [-0.4, -0.2) is 31.3 Å². The van der Waals surface area contributed by atoms with Gasteiger partial charge in [-0.25, -0.2) is 4.39 Å². The van der Waals surface area contributed by atoms with E-state index in [1.165, 1.54) is 6.07 Å². The molecule has 0 aromatic heterocycles. The number of hydrogen-bond donors (Lipinski definition) is 2. The van der Waals surface area contributed by atoms with E-state index in [4.69, 9.17) is 0 Å². The third-order valence-electron chi connectivity index (χ3n) is 3.92. The van der Waals surface area contributed by atoms with Gasteiger partial charge in [-0.1, -0.05) is 13.8 Å². The Bertz CT molecular complexity index is 407. The number of aliphatic hydroxyl groups is 1. The molecule has 20 heavy (non-hydrogen) atoms. The molecule has 1 rings (SSSR count). The maximum Gasteiger partial charge on any atom is 0.123 e. The molecule has 1 aromatic rings. The Morgan fingerprint density at radius 1 is 1.30 bits per heavy atom. The standard InChI is InChI=1S/C16H27FN2O/c1-5-14(6-2)19(9-10-20)16-8-7-13(17)11-15(16)12(3)18-4/h7-8,11-12,14,18,20H,5-6,9-10H2,1-4H3. The van der Waals surface area contributed by atoms with E-state index >= 15 is 0 Å². The van der Waals surface area contributed by atoms with E-state index in [0.717, 1.165) is 24.1 Å². The normalized spacial score (nSPS) is 12.8. The predicted molar refractivity (Wildman–Crippen MR) is 82.7 cm³/mol. The highest BCUT2D eigenvalue weighted by atomic mass is 19.1. The lowest BCUT2D eigenvalue weighted by molar-refractivity contribution is 0.295. The van der Waals surface area contributed by atoms with E-state index < -0.39 is 0 Å². The molecule has 1 aromatic carbocycles. The van der Waals surface area contributed by atoms with Gasteiger partial charge in [0.2, 0.25) is 0 Å². The van der Waals surface area contributed by atoms with Gasteiger partial charge in [0.25, 0.3) is 0 Å². The van der Waals surface area contributed by atoms with Gasteiger partial charge in [-0.15, -0.1) is 0 Å². The molecule has 0 aliphatic rings. The van der Waals surface area contributed by atoms with Crippen molar-refractivity contribution in [2.45, 2.75) is 45.7 Å². The lowest BCUT2D eigenvalue weighted by atomic mass is 10.0. The summed E-state index contributed by atoms with van der Waals surface area (Å²) < 4.78 is 13.6. The number of nitrogens with zero attached hydrogens (tertiary/aromatic N) is 1. The summed E-state index contributed by atoms with van der Waals surface area (Å²) in [7, 11) is 1.87. The molecule has 2 N–H and O–H groups in total. The minimum atomic E-state index is -0.223. The Morgan fingerprint density at radius 3 is 2.45 bits per heavy atom. The smallest absolute Gasteiger partial charge is 0.123 e. The van der Waals surface area contributed by atoms with Gasteiger partial charge in [0.1, 0.15) is 5.82 Å². The Morgan fingerprint density at radius 2 is 1.95 bits per heavy atom. The van der Waals surface area contributed by atoms with Gasteiger partial charge < -0.3 is 15.3 Å². The zero-order chi connectivity index (χ0) is 15.1. The second kappa shape index (κ2) is 8.22. The van der Waals surface area contributed by atoms with Crippen LogP contribution in [0.25, 0.3) is 0 Å². The van der Waals surface area contributed by atoms with Crippen molar-refractivity contribution >= 4 is 5.69 Å². The number of hydrogen-bond acceptors (Lipinski definition) is 3. The molecule has 0 aliphatic heterocycles. The van der Waals surface area contributed by atoms with Crippen molar-refractivity contribution in [1.82, 2.24) is 5.32 Å². The summed E-state index contributed by atoms with van der Waals surface area (Å²) in [5.74, 6) is -0.223. The molecule has 0 fully saturated rings. The van der Waals surface area contributed by atoms with Gasteiger partial charge in [0, 0.05) is 24.3 Å². The number of halogens is 1. The van der Waals surface area contributed by atoms with Gasteiger partial charge in [-0.2, -0.15) is 0 Å². The molecule has 0 aliphatic carbocycles. The maximum atomic E-state index is 13.6. The molecule has 0 saturated heterocycles. The Kier molecular flexibility index (Phi) is 6.96. The summed E-state index contributed by atoms with van der Waals surface area (Å²) in [5.41, 5.74) is 1.95. The third-order valence-corrected chi connectivity index (χ3v) is 3.92. The van der Waals surface area contributed by atoms with E-state index in [1.54, 1.807) is 6.07 Å². The van der Waals surface area contributed by atoms with Crippen molar-refractivity contribution < 1.29 is 9.50 Å². The molecular weight excluding hydrogens is 255 g/mol. The lowest BCUT2D eigenvalue weighted by Gasteiger charge is -2.34. The Hall–Kier alpha value is -1.13. The third kappa shape index (κ3) is 3.93. The molecule has 1 atom stereocenters. The van der Waals surface area contributed by atoms with Crippen LogP contribution in [0.4, 0.5) is 10.1 Å². The fraction of sp³-hybridized carbons (Fsp3) is 0.625. The van der Waals surface area contributed by atoms with Crippen LogP contribution in [0.5, 0.6) is 0 Å². The molecule has 0 saturated carbocycles. The highest BCUT2D eigenvalue weighted by Gasteiger charge is 2.20. The monoisotopic (exact) mass is 282 g/mol. The molecular formula is C16H27FN2O. The lowest BCUT2D eigenvalue weighted by Crippen LogP contribution is -2.38. The van der Waals surface area contributed by atoms with Gasteiger partial charge >= 0.3 is 0 Å². The molecule has 0 bridgehead atoms. The van der Waals surface area contributed by atoms with Crippen LogP contribution in [0.1, 0.15) is 45.2 Å². The summed E-state index contributed by atoms with van der Waals surface area (Å²) in [6.07, 6.45) is 2.00. The topological polar surface area (TPSA) is 35.5 Å². The highest BCUT2D eigenvalue weighted by molar-refractivity contribution is 5.56. The summed E-state index contributed by atoms with van der Waals surface area (Å²) >= 11 is 0. The second-order valence-corrected chi connectivity index (χ2v) is 5.10. The quantitative estimate of drug-likeness (QED) is 0.769. The fourth-order valence-corrected chi connectivity index (χ4v) is 2.63. The van der Waals surface area contributed by atoms with Crippen molar-refractivity contribution in [3.05, 3.63) is 29.6 Å². The zero-order valence-corrected chi connectivity index (χ0v) is 13.0. The number of aliphatic hydroxyl groups excluding tert-OH is 1. The van der Waals surface area contributed by atoms with Crippen molar-refractivity contribution in [3.63, 3.8) is 0 Å². The average Bonchev–Trinajstić information content (AvgIpc) is 2.46. The summed E-state index contributed by atoms with van der Waals surface area (Å²) in [5, 5.41) is 12.5. The van der Waals surface area contributed by atoms with Gasteiger partial charge in [0.05, 0.1) is 6.61 Å².